The Morgan fingerprint density at radius 2 is 1.81 bits per heavy atom. The number of aliphatic hydroxyl groups is 2. The third-order valence-electron chi connectivity index (χ3n) is 5.71. The van der Waals surface area contributed by atoms with Gasteiger partial charge in [0.05, 0.1) is 22.8 Å². The van der Waals surface area contributed by atoms with E-state index < -0.39 is 18.0 Å². The molecule has 5 heteroatoms. The lowest BCUT2D eigenvalue weighted by atomic mass is 9.82. The minimum Gasteiger partial charge on any atom is -0.489 e. The largest absolute Gasteiger partial charge is 0.489 e. The Balaban J connectivity index is 2.04. The van der Waals surface area contributed by atoms with Crippen LogP contribution in [0.2, 0.25) is 0 Å². The van der Waals surface area contributed by atoms with E-state index in [-0.39, 0.29) is 12.0 Å². The molecule has 2 N–H and O–H groups in total. The first kappa shape index (κ1) is 18.4. The van der Waals surface area contributed by atoms with Crippen molar-refractivity contribution in [3.63, 3.8) is 0 Å². The molecule has 0 aliphatic carbocycles. The van der Waals surface area contributed by atoms with Gasteiger partial charge in [0, 0.05) is 5.92 Å². The zero-order chi connectivity index (χ0) is 19.5. The maximum Gasteiger partial charge on any atom is 0.217 e. The molecular weight excluding hydrogens is 344 g/mol. The Bertz CT molecular complexity index is 836. The Hall–Kier alpha value is -1.98. The zero-order valence-corrected chi connectivity index (χ0v) is 16.6. The van der Waals surface area contributed by atoms with Crippen molar-refractivity contribution in [3.8, 4) is 17.2 Å². The second-order valence-corrected chi connectivity index (χ2v) is 8.31. The lowest BCUT2D eigenvalue weighted by Crippen LogP contribution is -2.35. The fourth-order valence-corrected chi connectivity index (χ4v) is 4.07. The molecule has 146 valence electrons. The Kier molecular flexibility index (Phi) is 4.28. The SMILES string of the molecule is CCCC1=C[C@@H](O)Oc2c1c1c(c3c2[C@@H](O)[C@@H](C)[C@H](C)O3)C=CC(C)(C)O1. The second kappa shape index (κ2) is 6.28. The molecule has 0 saturated carbocycles. The molecule has 0 bridgehead atoms. The highest BCUT2D eigenvalue weighted by molar-refractivity contribution is 5.86. The number of hydrogen-bond acceptors (Lipinski definition) is 5. The van der Waals surface area contributed by atoms with E-state index in [1.54, 1.807) is 6.08 Å². The summed E-state index contributed by atoms with van der Waals surface area (Å²) in [6, 6.07) is 0. The van der Waals surface area contributed by atoms with Crippen molar-refractivity contribution in [2.24, 2.45) is 5.92 Å². The highest BCUT2D eigenvalue weighted by Gasteiger charge is 2.42. The van der Waals surface area contributed by atoms with Gasteiger partial charge in [0.1, 0.15) is 29.0 Å². The van der Waals surface area contributed by atoms with E-state index in [9.17, 15) is 10.2 Å². The molecule has 0 aromatic heterocycles. The maximum atomic E-state index is 11.0. The molecule has 3 heterocycles. The van der Waals surface area contributed by atoms with Crippen LogP contribution in [-0.4, -0.2) is 28.2 Å². The lowest BCUT2D eigenvalue weighted by molar-refractivity contribution is -0.00242. The van der Waals surface area contributed by atoms with Gasteiger partial charge in [-0.1, -0.05) is 20.3 Å². The first-order valence-electron chi connectivity index (χ1n) is 9.76. The van der Waals surface area contributed by atoms with E-state index in [2.05, 4.69) is 6.92 Å². The number of ether oxygens (including phenoxy) is 3. The summed E-state index contributed by atoms with van der Waals surface area (Å²) in [4.78, 5) is 0. The number of hydrogen-bond donors (Lipinski definition) is 2. The minimum atomic E-state index is -1.05. The molecule has 5 nitrogen and oxygen atoms in total. The first-order valence-corrected chi connectivity index (χ1v) is 9.76. The van der Waals surface area contributed by atoms with E-state index in [0.29, 0.717) is 22.8 Å². The summed E-state index contributed by atoms with van der Waals surface area (Å²) in [6.45, 7) is 10.0. The second-order valence-electron chi connectivity index (χ2n) is 8.31. The molecule has 0 spiro atoms. The highest BCUT2D eigenvalue weighted by atomic mass is 16.6. The van der Waals surface area contributed by atoms with Crippen LogP contribution in [0.3, 0.4) is 0 Å². The number of allylic oxidation sites excluding steroid dienone is 1. The molecule has 1 aromatic carbocycles. The van der Waals surface area contributed by atoms with Gasteiger partial charge in [-0.05, 0) is 51.0 Å². The van der Waals surface area contributed by atoms with Crippen LogP contribution in [0.15, 0.2) is 12.2 Å². The average Bonchev–Trinajstić information content (AvgIpc) is 2.58. The van der Waals surface area contributed by atoms with Crippen molar-refractivity contribution in [1.82, 2.24) is 0 Å². The van der Waals surface area contributed by atoms with Crippen LogP contribution < -0.4 is 14.2 Å². The summed E-state index contributed by atoms with van der Waals surface area (Å²) in [5.41, 5.74) is 2.80. The fraction of sp³-hybridized carbons (Fsp3) is 0.545. The molecule has 1 aromatic rings. The maximum absolute atomic E-state index is 11.0. The third kappa shape index (κ3) is 2.84. The van der Waals surface area contributed by atoms with E-state index in [4.69, 9.17) is 14.2 Å². The Morgan fingerprint density at radius 1 is 1.07 bits per heavy atom. The molecule has 4 rings (SSSR count). The fourth-order valence-electron chi connectivity index (χ4n) is 4.07. The van der Waals surface area contributed by atoms with Crippen LogP contribution in [0, 0.1) is 5.92 Å². The van der Waals surface area contributed by atoms with Crippen molar-refractivity contribution in [1.29, 1.82) is 0 Å². The van der Waals surface area contributed by atoms with Crippen LogP contribution >= 0.6 is 0 Å². The van der Waals surface area contributed by atoms with Gasteiger partial charge in [0.2, 0.25) is 6.29 Å². The first-order chi connectivity index (χ1) is 12.7. The number of aliphatic hydroxyl groups excluding tert-OH is 2. The van der Waals surface area contributed by atoms with Crippen molar-refractivity contribution in [2.45, 2.75) is 71.6 Å². The van der Waals surface area contributed by atoms with Gasteiger partial charge in [-0.15, -0.1) is 0 Å². The summed E-state index contributed by atoms with van der Waals surface area (Å²) >= 11 is 0. The summed E-state index contributed by atoms with van der Waals surface area (Å²) in [5, 5.41) is 21.3. The van der Waals surface area contributed by atoms with Gasteiger partial charge >= 0.3 is 0 Å². The van der Waals surface area contributed by atoms with Crippen molar-refractivity contribution < 1.29 is 24.4 Å². The quantitative estimate of drug-likeness (QED) is 0.814. The van der Waals surface area contributed by atoms with Crippen molar-refractivity contribution >= 4 is 11.6 Å². The van der Waals surface area contributed by atoms with Crippen molar-refractivity contribution in [3.05, 3.63) is 28.8 Å². The van der Waals surface area contributed by atoms with E-state index in [1.807, 2.05) is 39.8 Å². The molecule has 4 atom stereocenters. The zero-order valence-electron chi connectivity index (χ0n) is 16.6. The molecule has 27 heavy (non-hydrogen) atoms. The molecule has 0 saturated heterocycles. The monoisotopic (exact) mass is 372 g/mol. The summed E-state index contributed by atoms with van der Waals surface area (Å²) in [5.74, 6) is 1.70. The average molecular weight is 372 g/mol. The molecular formula is C22H28O5. The van der Waals surface area contributed by atoms with Crippen LogP contribution in [0.5, 0.6) is 17.2 Å². The highest BCUT2D eigenvalue weighted by Crippen LogP contribution is 2.56. The van der Waals surface area contributed by atoms with Crippen LogP contribution in [0.25, 0.3) is 11.6 Å². The Morgan fingerprint density at radius 3 is 2.52 bits per heavy atom. The molecule has 0 unspecified atom stereocenters. The van der Waals surface area contributed by atoms with Gasteiger partial charge in [-0.2, -0.15) is 0 Å². The van der Waals surface area contributed by atoms with Gasteiger partial charge in [-0.25, -0.2) is 0 Å². The van der Waals surface area contributed by atoms with Crippen LogP contribution in [-0.2, 0) is 0 Å². The summed E-state index contributed by atoms with van der Waals surface area (Å²) in [7, 11) is 0. The van der Waals surface area contributed by atoms with Gasteiger partial charge < -0.3 is 24.4 Å². The molecule has 3 aliphatic rings. The van der Waals surface area contributed by atoms with Gasteiger partial charge in [-0.3, -0.25) is 0 Å². The smallest absolute Gasteiger partial charge is 0.217 e. The van der Waals surface area contributed by atoms with Gasteiger partial charge in [0.25, 0.3) is 0 Å². The predicted molar refractivity (Wildman–Crippen MR) is 104 cm³/mol. The van der Waals surface area contributed by atoms with Crippen LogP contribution in [0.1, 0.15) is 70.3 Å². The van der Waals surface area contributed by atoms with E-state index >= 15 is 0 Å². The normalized spacial score (nSPS) is 30.1. The Labute approximate surface area is 160 Å². The number of rotatable bonds is 2. The predicted octanol–water partition coefficient (Wildman–Crippen LogP) is 4.22. The number of fused-ring (bicyclic) bond motifs is 6. The standard InChI is InChI=1S/C22H28O5/c1-6-7-13-10-15(23)26-21-16(13)20-14(8-9-22(4,5)27-20)19-17(21)18(24)11(2)12(3)25-19/h8-12,15,18,23-24H,6-7H2,1-5H3/t11-,12-,15-,18-/m0/s1. The third-order valence-corrected chi connectivity index (χ3v) is 5.71. The van der Waals surface area contributed by atoms with E-state index in [0.717, 1.165) is 29.5 Å². The van der Waals surface area contributed by atoms with Crippen molar-refractivity contribution in [2.75, 3.05) is 0 Å². The lowest BCUT2D eigenvalue weighted by Gasteiger charge is -2.40. The molecule has 3 aliphatic heterocycles. The van der Waals surface area contributed by atoms with E-state index in [1.165, 1.54) is 0 Å². The number of benzene rings is 1. The molecule has 0 amide bonds. The van der Waals surface area contributed by atoms with Gasteiger partial charge in [0.15, 0.2) is 0 Å². The minimum absolute atomic E-state index is 0.0918. The topological polar surface area (TPSA) is 68.2 Å². The molecule has 0 fully saturated rings. The molecule has 0 radical (unpaired) electrons. The summed E-state index contributed by atoms with van der Waals surface area (Å²) in [6.07, 6.45) is 5.54. The van der Waals surface area contributed by atoms with Crippen LogP contribution in [0.4, 0.5) is 0 Å². The summed E-state index contributed by atoms with van der Waals surface area (Å²) < 4.78 is 18.4.